The van der Waals surface area contributed by atoms with Gasteiger partial charge < -0.3 is 9.32 Å². The van der Waals surface area contributed by atoms with Gasteiger partial charge in [-0.15, -0.1) is 0 Å². The van der Waals surface area contributed by atoms with Crippen LogP contribution in [0.4, 0.5) is 0 Å². The fraction of sp³-hybridized carbons (Fsp3) is 0.130. The Labute approximate surface area is 155 Å². The van der Waals surface area contributed by atoms with Crippen LogP contribution in [0.25, 0.3) is 22.7 Å². The smallest absolute Gasteiger partial charge is 0.226 e. The first-order valence-electron chi connectivity index (χ1n) is 8.74. The van der Waals surface area contributed by atoms with E-state index in [1.54, 1.807) is 0 Å². The van der Waals surface area contributed by atoms with Crippen LogP contribution in [-0.4, -0.2) is 30.5 Å². The Hall–Kier alpha value is -2.39. The predicted octanol–water partition coefficient (Wildman–Crippen LogP) is 4.69. The lowest BCUT2D eigenvalue weighted by molar-refractivity contribution is 0.424. The zero-order valence-corrected chi connectivity index (χ0v) is 15.0. The van der Waals surface area contributed by atoms with E-state index in [9.17, 15) is 0 Å². The molecule has 3 heteroatoms. The Kier molecular flexibility index (Phi) is 4.89. The molecular formula is C23H21N2O. The summed E-state index contributed by atoms with van der Waals surface area (Å²) in [6.45, 7) is 0.859. The molecule has 0 atom stereocenters. The van der Waals surface area contributed by atoms with Crippen molar-refractivity contribution in [2.45, 2.75) is 0 Å². The van der Waals surface area contributed by atoms with Crippen LogP contribution in [0.2, 0.25) is 0 Å². The van der Waals surface area contributed by atoms with Crippen LogP contribution in [-0.2, 0) is 0 Å². The minimum Gasteiger partial charge on any atom is -0.440 e. The van der Waals surface area contributed by atoms with Gasteiger partial charge in [0.25, 0.3) is 0 Å². The highest BCUT2D eigenvalue weighted by molar-refractivity contribution is 5.71. The van der Waals surface area contributed by atoms with Crippen molar-refractivity contribution in [3.05, 3.63) is 97.5 Å². The van der Waals surface area contributed by atoms with Crippen LogP contribution < -0.4 is 0 Å². The summed E-state index contributed by atoms with van der Waals surface area (Å²) < 4.78 is 6.29. The lowest BCUT2D eigenvalue weighted by Gasteiger charge is -2.20. The molecule has 5 radical (unpaired) electrons. The van der Waals surface area contributed by atoms with Crippen molar-refractivity contribution >= 4 is 0 Å². The summed E-state index contributed by atoms with van der Waals surface area (Å²) >= 11 is 0. The Bertz CT molecular complexity index is 839. The van der Waals surface area contributed by atoms with Crippen molar-refractivity contribution in [3.63, 3.8) is 0 Å². The van der Waals surface area contributed by atoms with Gasteiger partial charge in [0.2, 0.25) is 5.89 Å². The first-order chi connectivity index (χ1) is 12.7. The van der Waals surface area contributed by atoms with E-state index >= 15 is 0 Å². The maximum atomic E-state index is 6.29. The van der Waals surface area contributed by atoms with Crippen LogP contribution >= 0.6 is 0 Å². The molecule has 0 aliphatic heterocycles. The molecule has 0 bridgehead atoms. The molecule has 1 aromatic heterocycles. The van der Waals surface area contributed by atoms with Crippen LogP contribution in [0.5, 0.6) is 0 Å². The minimum absolute atomic E-state index is 0.649. The van der Waals surface area contributed by atoms with Gasteiger partial charge in [0.05, 0.1) is 5.92 Å². The molecule has 129 valence electrons. The topological polar surface area (TPSA) is 29.3 Å². The monoisotopic (exact) mass is 341 g/mol. The molecular weight excluding hydrogens is 320 g/mol. The number of rotatable bonds is 5. The van der Waals surface area contributed by atoms with E-state index in [0.29, 0.717) is 5.89 Å². The summed E-state index contributed by atoms with van der Waals surface area (Å²) in [7, 11) is 4.15. The van der Waals surface area contributed by atoms with E-state index < -0.39 is 0 Å². The standard InChI is InChI=1S/C23H21N2O/c1-25(2)16-19-14-9-15-20(19)22-21(17-10-5-3-6-11-17)24-23(26-22)18-12-7-4-8-13-18/h3-15H,16H2,1-2H3. The number of oxazole rings is 1. The van der Waals surface area contributed by atoms with Crippen LogP contribution in [0, 0.1) is 31.1 Å². The molecule has 0 unspecified atom stereocenters. The highest BCUT2D eigenvalue weighted by Crippen LogP contribution is 2.43. The SMILES string of the molecule is CN(C)C[C]1[CH][CH][CH][C]1c1oc(-c2ccccc2)nc1-c1ccccc1. The van der Waals surface area contributed by atoms with Gasteiger partial charge in [-0.3, -0.25) is 0 Å². The van der Waals surface area contributed by atoms with Gasteiger partial charge in [0.15, 0.2) is 0 Å². The lowest BCUT2D eigenvalue weighted by Crippen LogP contribution is -2.22. The van der Waals surface area contributed by atoms with Gasteiger partial charge in [-0.1, -0.05) is 48.5 Å². The number of hydrogen-bond donors (Lipinski definition) is 0. The Balaban J connectivity index is 1.78. The molecule has 4 rings (SSSR count). The van der Waals surface area contributed by atoms with Crippen LogP contribution in [0.3, 0.4) is 0 Å². The van der Waals surface area contributed by atoms with Gasteiger partial charge in [-0.2, -0.15) is 0 Å². The maximum Gasteiger partial charge on any atom is 0.226 e. The quantitative estimate of drug-likeness (QED) is 0.674. The number of benzene rings is 2. The third-order valence-electron chi connectivity index (χ3n) is 4.33. The van der Waals surface area contributed by atoms with Gasteiger partial charge in [0, 0.05) is 23.6 Å². The second kappa shape index (κ2) is 7.46. The number of aromatic nitrogens is 1. The molecule has 1 fully saturated rings. The van der Waals surface area contributed by atoms with E-state index in [0.717, 1.165) is 35.0 Å². The molecule has 0 amide bonds. The molecule has 1 aliphatic rings. The summed E-state index contributed by atoms with van der Waals surface area (Å²) in [4.78, 5) is 7.01. The van der Waals surface area contributed by atoms with Gasteiger partial charge in [-0.05, 0) is 45.5 Å². The first kappa shape index (κ1) is 17.0. The average molecular weight is 341 g/mol. The van der Waals surface area contributed by atoms with Crippen LogP contribution in [0.1, 0.15) is 5.76 Å². The highest BCUT2D eigenvalue weighted by atomic mass is 16.4. The molecule has 2 aromatic carbocycles. The van der Waals surface area contributed by atoms with E-state index in [-0.39, 0.29) is 0 Å². The van der Waals surface area contributed by atoms with Crippen molar-refractivity contribution < 1.29 is 4.42 Å². The second-order valence-corrected chi connectivity index (χ2v) is 6.63. The first-order valence-corrected chi connectivity index (χ1v) is 8.74. The Morgan fingerprint density at radius 2 is 1.50 bits per heavy atom. The Morgan fingerprint density at radius 3 is 2.15 bits per heavy atom. The molecule has 3 nitrogen and oxygen atoms in total. The van der Waals surface area contributed by atoms with Crippen molar-refractivity contribution in [1.29, 1.82) is 0 Å². The van der Waals surface area contributed by atoms with E-state index in [1.165, 1.54) is 5.92 Å². The molecule has 0 N–H and O–H groups in total. The fourth-order valence-corrected chi connectivity index (χ4v) is 3.16. The third-order valence-corrected chi connectivity index (χ3v) is 4.33. The summed E-state index contributed by atoms with van der Waals surface area (Å²) in [6, 6.07) is 20.3. The summed E-state index contributed by atoms with van der Waals surface area (Å²) in [5.41, 5.74) is 2.93. The van der Waals surface area contributed by atoms with E-state index in [4.69, 9.17) is 9.40 Å². The average Bonchev–Trinajstić information content (AvgIpc) is 3.29. The lowest BCUT2D eigenvalue weighted by atomic mass is 9.91. The van der Waals surface area contributed by atoms with Gasteiger partial charge in [-0.25, -0.2) is 4.98 Å². The number of hydrogen-bond acceptors (Lipinski definition) is 3. The maximum absolute atomic E-state index is 6.29. The van der Waals surface area contributed by atoms with Crippen molar-refractivity contribution in [3.8, 4) is 22.7 Å². The summed E-state index contributed by atoms with van der Waals surface area (Å²) in [5.74, 6) is 3.82. The van der Waals surface area contributed by atoms with Crippen molar-refractivity contribution in [2.75, 3.05) is 20.6 Å². The molecule has 1 aliphatic carbocycles. The molecule has 1 heterocycles. The van der Waals surface area contributed by atoms with Crippen LogP contribution in [0.15, 0.2) is 65.1 Å². The van der Waals surface area contributed by atoms with Crippen molar-refractivity contribution in [1.82, 2.24) is 9.88 Å². The summed E-state index contributed by atoms with van der Waals surface area (Å²) in [6.07, 6.45) is 6.34. The van der Waals surface area contributed by atoms with Gasteiger partial charge >= 0.3 is 0 Å². The van der Waals surface area contributed by atoms with E-state index in [1.807, 2.05) is 48.5 Å². The third kappa shape index (κ3) is 3.45. The largest absolute Gasteiger partial charge is 0.440 e. The fourth-order valence-electron chi connectivity index (χ4n) is 3.16. The van der Waals surface area contributed by atoms with E-state index in [2.05, 4.69) is 50.4 Å². The molecule has 3 aromatic rings. The molecule has 26 heavy (non-hydrogen) atoms. The highest BCUT2D eigenvalue weighted by Gasteiger charge is 2.36. The van der Waals surface area contributed by atoms with Gasteiger partial charge in [0.1, 0.15) is 11.5 Å². The zero-order chi connectivity index (χ0) is 17.9. The second-order valence-electron chi connectivity index (χ2n) is 6.63. The normalized spacial score (nSPS) is 15.8. The minimum atomic E-state index is 0.649. The van der Waals surface area contributed by atoms with Crippen molar-refractivity contribution in [2.24, 2.45) is 0 Å². The molecule has 1 saturated carbocycles. The predicted molar refractivity (Wildman–Crippen MR) is 104 cm³/mol. The summed E-state index contributed by atoms with van der Waals surface area (Å²) in [5, 5.41) is 0. The molecule has 0 spiro atoms. The molecule has 0 saturated heterocycles. The Morgan fingerprint density at radius 1 is 0.846 bits per heavy atom. The zero-order valence-electron chi connectivity index (χ0n) is 15.0. The number of nitrogens with zero attached hydrogens (tertiary/aromatic N) is 2.